The third kappa shape index (κ3) is 6.39. The average Bonchev–Trinajstić information content (AvgIpc) is 3.23. The molecule has 3 atom stereocenters. The zero-order valence-corrected chi connectivity index (χ0v) is 21.0. The van der Waals surface area contributed by atoms with E-state index in [1.807, 2.05) is 11.8 Å². The molecule has 2 aliphatic rings. The van der Waals surface area contributed by atoms with Gasteiger partial charge in [0.25, 0.3) is 0 Å². The van der Waals surface area contributed by atoms with Crippen LogP contribution in [-0.4, -0.2) is 60.4 Å². The van der Waals surface area contributed by atoms with Crippen molar-refractivity contribution in [3.05, 3.63) is 30.6 Å². The molecule has 0 amide bonds. The Balaban J connectivity index is 1.40. The fraction of sp³-hybridized carbons (Fsp3) is 0.500. The second kappa shape index (κ2) is 11.1. The predicted octanol–water partition coefficient (Wildman–Crippen LogP) is 4.06. The topological polar surface area (TPSA) is 121 Å². The van der Waals surface area contributed by atoms with Crippen LogP contribution in [0.1, 0.15) is 13.3 Å². The number of nitrogens with two attached hydrogens (primary N) is 1. The zero-order chi connectivity index (χ0) is 23.3. The number of nitrogens with zero attached hydrogens (tertiary/aromatic N) is 3. The lowest BCUT2D eigenvalue weighted by molar-refractivity contribution is 0.0820. The van der Waals surface area contributed by atoms with Gasteiger partial charge in [-0.1, -0.05) is 21.6 Å². The van der Waals surface area contributed by atoms with Crippen LogP contribution in [-0.2, 0) is 13.8 Å². The molecule has 2 aromatic rings. The Morgan fingerprint density at radius 2 is 2.06 bits per heavy atom. The van der Waals surface area contributed by atoms with Crippen LogP contribution in [0.4, 0.5) is 17.3 Å². The van der Waals surface area contributed by atoms with Crippen molar-refractivity contribution in [1.29, 1.82) is 0 Å². The maximum Gasteiger partial charge on any atom is 0.405 e. The van der Waals surface area contributed by atoms with Gasteiger partial charge in [0.15, 0.2) is 18.0 Å². The van der Waals surface area contributed by atoms with Crippen molar-refractivity contribution in [2.45, 2.75) is 25.6 Å². The fourth-order valence-electron chi connectivity index (χ4n) is 3.41. The fourth-order valence-corrected chi connectivity index (χ4v) is 7.53. The summed E-state index contributed by atoms with van der Waals surface area (Å²) in [7, 11) is 1.53. The molecule has 2 unspecified atom stereocenters. The summed E-state index contributed by atoms with van der Waals surface area (Å²) < 4.78 is 36.8. The molecule has 10 nitrogen and oxygen atoms in total. The van der Waals surface area contributed by atoms with Crippen molar-refractivity contribution in [2.75, 3.05) is 54.1 Å². The molecule has 0 spiro atoms. The van der Waals surface area contributed by atoms with Crippen LogP contribution in [0.25, 0.3) is 0 Å². The van der Waals surface area contributed by atoms with Gasteiger partial charge in [0, 0.05) is 18.1 Å². The van der Waals surface area contributed by atoms with Crippen LogP contribution in [0.2, 0.25) is 0 Å². The Morgan fingerprint density at radius 3 is 2.79 bits per heavy atom. The van der Waals surface area contributed by atoms with E-state index in [-0.39, 0.29) is 18.6 Å². The Labute approximate surface area is 201 Å². The summed E-state index contributed by atoms with van der Waals surface area (Å²) in [6, 6.07) is 6.92. The lowest BCUT2D eigenvalue weighted by atomic mass is 10.3. The van der Waals surface area contributed by atoms with E-state index in [9.17, 15) is 4.57 Å². The smallest absolute Gasteiger partial charge is 0.405 e. The number of hydrogen-bond donors (Lipinski definition) is 2. The highest BCUT2D eigenvalue weighted by molar-refractivity contribution is 8.76. The normalized spacial score (nSPS) is 20.4. The Hall–Kier alpha value is -1.85. The van der Waals surface area contributed by atoms with Crippen molar-refractivity contribution >= 4 is 46.5 Å². The minimum atomic E-state index is -3.57. The summed E-state index contributed by atoms with van der Waals surface area (Å²) >= 11 is 0. The first-order chi connectivity index (χ1) is 16.0. The van der Waals surface area contributed by atoms with Gasteiger partial charge in [0.1, 0.15) is 23.5 Å². The van der Waals surface area contributed by atoms with E-state index in [0.717, 1.165) is 23.7 Å². The Kier molecular flexibility index (Phi) is 8.13. The molecule has 1 fully saturated rings. The number of ether oxygens (including phenoxy) is 2. The molecular weight excluding hydrogens is 485 g/mol. The molecule has 180 valence electrons. The summed E-state index contributed by atoms with van der Waals surface area (Å²) in [6.45, 7) is 2.97. The number of aromatic nitrogens is 2. The number of methoxy groups -OCH3 is 1. The number of fused-ring (bicyclic) bond motifs is 1. The predicted molar refractivity (Wildman–Crippen MR) is 133 cm³/mol. The van der Waals surface area contributed by atoms with Crippen molar-refractivity contribution in [2.24, 2.45) is 0 Å². The van der Waals surface area contributed by atoms with Crippen LogP contribution < -0.4 is 25.2 Å². The minimum absolute atomic E-state index is 0.145. The third-order valence-corrected chi connectivity index (χ3v) is 9.13. The van der Waals surface area contributed by atoms with Gasteiger partial charge in [-0.25, -0.2) is 14.5 Å². The molecular formula is C20H28N5O5PS2. The molecule has 13 heteroatoms. The Morgan fingerprint density at radius 1 is 1.27 bits per heavy atom. The summed E-state index contributed by atoms with van der Waals surface area (Å²) in [5.41, 5.74) is 6.63. The van der Waals surface area contributed by atoms with Gasteiger partial charge in [0.05, 0.1) is 26.0 Å². The molecule has 3 heterocycles. The molecule has 33 heavy (non-hydrogen) atoms. The van der Waals surface area contributed by atoms with E-state index in [1.54, 1.807) is 53.0 Å². The molecule has 0 bridgehead atoms. The van der Waals surface area contributed by atoms with Crippen LogP contribution in [0, 0.1) is 0 Å². The van der Waals surface area contributed by atoms with E-state index < -0.39 is 7.60 Å². The largest absolute Gasteiger partial charge is 0.497 e. The lowest BCUT2D eigenvalue weighted by Gasteiger charge is -2.28. The monoisotopic (exact) mass is 513 g/mol. The third-order valence-electron chi connectivity index (χ3n) is 5.07. The first-order valence-corrected chi connectivity index (χ1v) is 14.7. The summed E-state index contributed by atoms with van der Waals surface area (Å²) in [6.07, 6.45) is 1.69. The van der Waals surface area contributed by atoms with Crippen molar-refractivity contribution < 1.29 is 23.1 Å². The highest BCUT2D eigenvalue weighted by atomic mass is 33.1. The number of anilines is 3. The zero-order valence-electron chi connectivity index (χ0n) is 18.5. The molecule has 3 N–H and O–H groups in total. The maximum absolute atomic E-state index is 13.7. The van der Waals surface area contributed by atoms with Crippen LogP contribution in [0.15, 0.2) is 30.6 Å². The molecule has 0 aliphatic carbocycles. The van der Waals surface area contributed by atoms with Crippen molar-refractivity contribution in [1.82, 2.24) is 9.97 Å². The molecule has 1 aromatic heterocycles. The number of nitrogens with one attached hydrogen (secondary N) is 1. The van der Waals surface area contributed by atoms with E-state index in [2.05, 4.69) is 15.3 Å². The van der Waals surface area contributed by atoms with E-state index >= 15 is 0 Å². The maximum atomic E-state index is 13.7. The molecule has 1 aromatic carbocycles. The van der Waals surface area contributed by atoms with E-state index in [0.29, 0.717) is 36.2 Å². The first-order valence-electron chi connectivity index (χ1n) is 10.5. The van der Waals surface area contributed by atoms with Crippen LogP contribution in [0.3, 0.4) is 0 Å². The summed E-state index contributed by atoms with van der Waals surface area (Å²) in [4.78, 5) is 10.3. The second-order valence-corrected chi connectivity index (χ2v) is 12.1. The lowest BCUT2D eigenvalue weighted by Crippen LogP contribution is -2.33. The summed E-state index contributed by atoms with van der Waals surface area (Å²) in [5.74, 6) is 3.97. The number of rotatable bonds is 10. The number of benzene rings is 1. The SMILES string of the molecule is COc1ccc(OP(=O)(COC(C)CN2CNc3c(N)ncnc32)O[C@@H]2CCSSC2)cc1. The minimum Gasteiger partial charge on any atom is -0.497 e. The van der Waals surface area contributed by atoms with Crippen LogP contribution >= 0.6 is 29.2 Å². The molecule has 4 rings (SSSR count). The second-order valence-electron chi connectivity index (χ2n) is 7.62. The molecule has 1 saturated heterocycles. The van der Waals surface area contributed by atoms with Gasteiger partial charge in [-0.2, -0.15) is 0 Å². The number of nitrogen functional groups attached to an aromatic ring is 1. The van der Waals surface area contributed by atoms with Gasteiger partial charge in [0.2, 0.25) is 0 Å². The van der Waals surface area contributed by atoms with Gasteiger partial charge < -0.3 is 29.9 Å². The average molecular weight is 514 g/mol. The quantitative estimate of drug-likeness (QED) is 0.352. The highest BCUT2D eigenvalue weighted by Crippen LogP contribution is 2.51. The molecule has 0 radical (unpaired) electrons. The van der Waals surface area contributed by atoms with Crippen molar-refractivity contribution in [3.63, 3.8) is 0 Å². The first kappa shape index (κ1) is 24.3. The van der Waals surface area contributed by atoms with Gasteiger partial charge in [-0.15, -0.1) is 0 Å². The highest BCUT2D eigenvalue weighted by Gasteiger charge is 2.33. The van der Waals surface area contributed by atoms with E-state index in [4.69, 9.17) is 24.3 Å². The van der Waals surface area contributed by atoms with E-state index in [1.165, 1.54) is 6.33 Å². The Bertz CT molecular complexity index is 980. The van der Waals surface area contributed by atoms with Crippen LogP contribution in [0.5, 0.6) is 11.5 Å². The molecule has 2 aliphatic heterocycles. The van der Waals surface area contributed by atoms with Crippen molar-refractivity contribution in [3.8, 4) is 11.5 Å². The number of hydrogen-bond acceptors (Lipinski definition) is 12. The standard InChI is InChI=1S/C20H28N5O5PS2/c1-14(9-25-12-24-18-19(21)22-11-23-20(18)25)28-13-31(26,30-17-7-8-32-33-10-17)29-16-5-3-15(27-2)4-6-16/h3-6,11,14,17,24H,7-10,12-13H2,1-2H3,(H2,21,22,23)/t14?,17-,31?/m1/s1. The molecule has 0 saturated carbocycles. The van der Waals surface area contributed by atoms with Gasteiger partial charge in [-0.05, 0) is 37.6 Å². The van der Waals surface area contributed by atoms with Gasteiger partial charge in [-0.3, -0.25) is 4.52 Å². The summed E-state index contributed by atoms with van der Waals surface area (Å²) in [5, 5.41) is 3.19. The van der Waals surface area contributed by atoms with Gasteiger partial charge >= 0.3 is 7.60 Å².